The van der Waals surface area contributed by atoms with Crippen LogP contribution < -0.4 is 5.46 Å². The molecule has 2 nitrogen and oxygen atoms in total. The molecule has 1 saturated heterocycles. The molecule has 14 aromatic carbocycles. The molecule has 0 unspecified atom stereocenters. The van der Waals surface area contributed by atoms with E-state index in [1.54, 1.807) is 0 Å². The van der Waals surface area contributed by atoms with Gasteiger partial charge in [0, 0.05) is 23.3 Å². The van der Waals surface area contributed by atoms with E-state index in [0.717, 1.165) is 14.4 Å². The minimum absolute atomic E-state index is 0.0674. The highest BCUT2D eigenvalue weighted by atomic mass is 127. The molecule has 0 amide bonds. The average molecular weight is 1530 g/mol. The Morgan fingerprint density at radius 3 is 0.990 bits per heavy atom. The molecule has 7 aliphatic rings. The Hall–Kier alpha value is -8.73. The normalized spacial score (nSPS) is 16.7. The first-order valence-corrected chi connectivity index (χ1v) is 37.6. The maximum atomic E-state index is 6.52. The Balaban J connectivity index is 0.000000114. The molecule has 21 rings (SSSR count). The molecule has 0 aromatic heterocycles. The number of rotatable bonds is 2. The van der Waals surface area contributed by atoms with Crippen LogP contribution in [0.1, 0.15) is 122 Å². The summed E-state index contributed by atoms with van der Waals surface area (Å²) in [6.45, 7) is 17.8. The summed E-state index contributed by atoms with van der Waals surface area (Å²) in [5.74, 6) is 0. The molecule has 0 saturated carbocycles. The van der Waals surface area contributed by atoms with E-state index in [0.29, 0.717) is 0 Å². The van der Waals surface area contributed by atoms with Gasteiger partial charge in [0.25, 0.3) is 0 Å². The van der Waals surface area contributed by atoms with Crippen LogP contribution in [0.3, 0.4) is 0 Å². The highest BCUT2D eigenvalue weighted by Crippen LogP contribution is 2.66. The van der Waals surface area contributed by atoms with Gasteiger partial charge >= 0.3 is 7.12 Å². The molecule has 6 aliphatic carbocycles. The largest absolute Gasteiger partial charge is 0.494 e. The predicted molar refractivity (Wildman–Crippen MR) is 431 cm³/mol. The smallest absolute Gasteiger partial charge is 0.399 e. The van der Waals surface area contributed by atoms with E-state index in [1.165, 1.54) is 170 Å². The Kier molecular flexibility index (Phi) is 13.8. The molecule has 1 aliphatic heterocycles. The highest BCUT2D eigenvalue weighted by Gasteiger charge is 2.56. The molecule has 0 N–H and O–H groups in total. The maximum Gasteiger partial charge on any atom is 0.494 e. The van der Waals surface area contributed by atoms with Crippen LogP contribution in [0.15, 0.2) is 288 Å². The summed E-state index contributed by atoms with van der Waals surface area (Å²) in [4.78, 5) is 0. The molecule has 0 bridgehead atoms. The van der Waals surface area contributed by atoms with E-state index >= 15 is 0 Å². The van der Waals surface area contributed by atoms with Crippen LogP contribution in [0.2, 0.25) is 0 Å². The average Bonchev–Trinajstić information content (AvgIpc) is 1.51. The van der Waals surface area contributed by atoms with Crippen molar-refractivity contribution in [1.82, 2.24) is 0 Å². The summed E-state index contributed by atoms with van der Waals surface area (Å²) in [5, 5.41) is 5.11. The van der Waals surface area contributed by atoms with Gasteiger partial charge in [0.05, 0.1) is 22.0 Å². The van der Waals surface area contributed by atoms with Crippen molar-refractivity contribution in [3.05, 3.63) is 358 Å². The first-order chi connectivity index (χ1) is 48.3. The van der Waals surface area contributed by atoms with Gasteiger partial charge in [-0.25, -0.2) is 0 Å². The first kappa shape index (κ1) is 62.3. The minimum Gasteiger partial charge on any atom is -0.399 e. The highest BCUT2D eigenvalue weighted by molar-refractivity contribution is 14.1. The number of fused-ring (bicyclic) bond motifs is 28. The zero-order chi connectivity index (χ0) is 68.1. The molecule has 2 spiro atoms. The summed E-state index contributed by atoms with van der Waals surface area (Å²) in [7, 11) is -0.406. The zero-order valence-electron chi connectivity index (χ0n) is 57.1. The lowest BCUT2D eigenvalue weighted by Crippen LogP contribution is -2.41. The number of hydrogen-bond acceptors (Lipinski definition) is 2. The van der Waals surface area contributed by atoms with Crippen molar-refractivity contribution in [1.29, 1.82) is 0 Å². The fourth-order valence-corrected chi connectivity index (χ4v) is 19.8. The van der Waals surface area contributed by atoms with Gasteiger partial charge in [-0.05, 0) is 295 Å². The summed E-state index contributed by atoms with van der Waals surface area (Å²) in [5.41, 5.74) is 34.7. The van der Waals surface area contributed by atoms with E-state index < -0.39 is 7.12 Å². The fraction of sp³-hybridized carbons (Fsp3) is 0.149. The van der Waals surface area contributed by atoms with Crippen molar-refractivity contribution < 1.29 is 9.31 Å². The topological polar surface area (TPSA) is 18.5 Å². The lowest BCUT2D eigenvalue weighted by molar-refractivity contribution is 0.00578. The molecule has 482 valence electrons. The van der Waals surface area contributed by atoms with E-state index in [4.69, 9.17) is 9.31 Å². The second-order valence-electron chi connectivity index (χ2n) is 30.4. The Labute approximate surface area is 617 Å². The van der Waals surface area contributed by atoms with Crippen LogP contribution >= 0.6 is 54.5 Å². The Bertz CT molecular complexity index is 5730. The maximum absolute atomic E-state index is 6.52. The van der Waals surface area contributed by atoms with Crippen molar-refractivity contribution >= 4 is 88.6 Å². The third-order valence-electron chi connectivity index (χ3n) is 24.0. The zero-order valence-corrected chi connectivity index (χ0v) is 62.4. The van der Waals surface area contributed by atoms with Crippen LogP contribution in [0.5, 0.6) is 0 Å². The SMILES string of the molecule is CC1(C)OB(c2ccc3c(c2)C2(c4ccccc4-c4ccccc42)c2cc4ccccc4cc2-3)OC1(C)C.CC1(C)c2cc(Br)ccc2-c2ccc(-c3ccc4c(c3)C3(c5ccccc5-c5ccccc53)c3cc5ccccc5cc3-4)cc21.CC1(C)c2cc(Br)ccc2-c2ccc(I)cc21. The van der Waals surface area contributed by atoms with Gasteiger partial charge in [-0.15, -0.1) is 0 Å². The summed E-state index contributed by atoms with van der Waals surface area (Å²) >= 11 is 9.68. The Morgan fingerprint density at radius 1 is 0.260 bits per heavy atom. The summed E-state index contributed by atoms with van der Waals surface area (Å²) < 4.78 is 16.6. The van der Waals surface area contributed by atoms with Crippen molar-refractivity contribution in [3.63, 3.8) is 0 Å². The van der Waals surface area contributed by atoms with Gasteiger partial charge in [0.1, 0.15) is 0 Å². The van der Waals surface area contributed by atoms with Crippen molar-refractivity contribution in [2.75, 3.05) is 0 Å². The standard InChI is InChI=1S/C44H29Br.C35H29BO2.C15H12BrI/c1-43(2)39-22-28(15-18-33(39)34-20-17-30(45)25-40(34)43)29-16-19-35-36-21-26-9-3-4-10-27(26)23-42(36)44(41(35)24-29)37-13-7-5-11-31(37)32-12-6-8-14-38(32)44;1-33(2)34(3,4)38-36(37-33)24-17-18-27-28-19-22-11-5-6-12-23(22)20-31(28)35(32(27)21-24)29-15-9-7-13-25(29)26-14-8-10-16-30(26)35;1-15(2)13-7-9(16)3-5-11(13)12-6-4-10(17)8-14(12)15/h3-25H,1-2H3;5-21H,1-4H3;3-8H,1-2H3. The van der Waals surface area contributed by atoms with Crippen molar-refractivity contribution in [2.24, 2.45) is 0 Å². The molecule has 6 heteroatoms. The van der Waals surface area contributed by atoms with Gasteiger partial charge in [-0.1, -0.05) is 266 Å². The summed E-state index contributed by atoms with van der Waals surface area (Å²) in [6, 6.07) is 105. The molecule has 100 heavy (non-hydrogen) atoms. The van der Waals surface area contributed by atoms with Gasteiger partial charge < -0.3 is 9.31 Å². The number of halogens is 3. The third kappa shape index (κ3) is 8.73. The molecule has 0 radical (unpaired) electrons. The van der Waals surface area contributed by atoms with E-state index in [1.807, 2.05) is 0 Å². The van der Waals surface area contributed by atoms with Crippen LogP contribution in [-0.2, 0) is 31.0 Å². The van der Waals surface area contributed by atoms with Crippen molar-refractivity contribution in [3.8, 4) is 77.9 Å². The van der Waals surface area contributed by atoms with Crippen LogP contribution in [-0.4, -0.2) is 18.3 Å². The first-order valence-electron chi connectivity index (χ1n) is 34.9. The van der Waals surface area contributed by atoms with Gasteiger partial charge in [0.15, 0.2) is 0 Å². The number of benzene rings is 14. The lowest BCUT2D eigenvalue weighted by Gasteiger charge is -2.32. The monoisotopic (exact) mass is 1530 g/mol. The summed E-state index contributed by atoms with van der Waals surface area (Å²) in [6.07, 6.45) is 0. The van der Waals surface area contributed by atoms with Crippen LogP contribution in [0, 0.1) is 3.57 Å². The van der Waals surface area contributed by atoms with Crippen LogP contribution in [0.25, 0.3) is 99.4 Å². The second kappa shape index (κ2) is 22.1. The minimum atomic E-state index is -0.406. The molecule has 1 heterocycles. The molecule has 0 atom stereocenters. The Morgan fingerprint density at radius 2 is 0.560 bits per heavy atom. The molecule has 1 fully saturated rings. The fourth-order valence-electron chi connectivity index (χ4n) is 18.5. The van der Waals surface area contributed by atoms with Crippen LogP contribution in [0.4, 0.5) is 0 Å². The lowest BCUT2D eigenvalue weighted by atomic mass is 9.68. The second-order valence-corrected chi connectivity index (χ2v) is 33.5. The van der Waals surface area contributed by atoms with E-state index in [-0.39, 0.29) is 32.9 Å². The molecular weight excluding hydrogens is 1460 g/mol. The van der Waals surface area contributed by atoms with Crippen molar-refractivity contribution in [2.45, 2.75) is 88.3 Å². The van der Waals surface area contributed by atoms with Gasteiger partial charge in [0.2, 0.25) is 0 Å². The molecule has 14 aromatic rings. The van der Waals surface area contributed by atoms with Gasteiger partial charge in [-0.3, -0.25) is 0 Å². The quantitative estimate of drug-likeness (QED) is 0.127. The van der Waals surface area contributed by atoms with Gasteiger partial charge in [-0.2, -0.15) is 0 Å². The van der Waals surface area contributed by atoms with E-state index in [2.05, 4.69) is 389 Å². The number of hydrogen-bond donors (Lipinski definition) is 0. The third-order valence-corrected chi connectivity index (χ3v) is 25.7. The molecular formula is C94H70BBr2IO2. The van der Waals surface area contributed by atoms with E-state index in [9.17, 15) is 0 Å². The predicted octanol–water partition coefficient (Wildman–Crippen LogP) is 24.8.